The van der Waals surface area contributed by atoms with Crippen molar-refractivity contribution in [3.8, 4) is 6.07 Å². The Balaban J connectivity index is 1.22. The summed E-state index contributed by atoms with van der Waals surface area (Å²) in [5.41, 5.74) is 2.39. The second-order valence-electron chi connectivity index (χ2n) is 9.65. The lowest BCUT2D eigenvalue weighted by Gasteiger charge is -2.36. The van der Waals surface area contributed by atoms with Gasteiger partial charge in [-0.3, -0.25) is 4.90 Å². The van der Waals surface area contributed by atoms with Crippen molar-refractivity contribution in [2.75, 3.05) is 56.0 Å². The normalized spacial score (nSPS) is 15.9. The second-order valence-corrected chi connectivity index (χ2v) is 9.65. The Hall–Kier alpha value is -4.30. The number of hydrogen-bond donors (Lipinski definition) is 1. The number of carbonyl (C=O) groups excluding carboxylic acids is 1. The third kappa shape index (κ3) is 5.76. The quantitative estimate of drug-likeness (QED) is 0.515. The number of anilines is 2. The zero-order valence-electron chi connectivity index (χ0n) is 21.4. The van der Waals surface area contributed by atoms with Crippen LogP contribution in [0.3, 0.4) is 0 Å². The number of urea groups is 1. The molecule has 0 saturated carbocycles. The van der Waals surface area contributed by atoms with Gasteiger partial charge >= 0.3 is 12.2 Å². The van der Waals surface area contributed by atoms with Crippen LogP contribution in [-0.2, 0) is 6.18 Å². The molecule has 1 aromatic heterocycles. The van der Waals surface area contributed by atoms with Gasteiger partial charge < -0.3 is 15.1 Å². The molecule has 3 heterocycles. The van der Waals surface area contributed by atoms with E-state index in [1.165, 1.54) is 12.3 Å². The van der Waals surface area contributed by atoms with E-state index in [4.69, 9.17) is 0 Å². The molecule has 0 aliphatic carbocycles. The van der Waals surface area contributed by atoms with E-state index >= 15 is 0 Å². The number of aromatic nitrogens is 2. The molecule has 2 aromatic carbocycles. The van der Waals surface area contributed by atoms with E-state index in [2.05, 4.69) is 21.4 Å². The number of aryl methyl sites for hydroxylation is 1. The first-order valence-electron chi connectivity index (χ1n) is 12.7. The molecule has 0 bridgehead atoms. The van der Waals surface area contributed by atoms with Crippen molar-refractivity contribution in [1.29, 1.82) is 5.26 Å². The van der Waals surface area contributed by atoms with Crippen molar-refractivity contribution in [1.82, 2.24) is 19.6 Å². The molecular weight excluding hydrogens is 507 g/mol. The van der Waals surface area contributed by atoms with Gasteiger partial charge in [-0.1, -0.05) is 24.3 Å². The number of halogens is 3. The first-order chi connectivity index (χ1) is 18.7. The van der Waals surface area contributed by atoms with Gasteiger partial charge in [0.2, 0.25) is 0 Å². The van der Waals surface area contributed by atoms with E-state index < -0.39 is 11.7 Å². The minimum absolute atomic E-state index is 0.119. The van der Waals surface area contributed by atoms with Gasteiger partial charge in [0.25, 0.3) is 0 Å². The molecule has 1 N–H and O–H groups in total. The Morgan fingerprint density at radius 2 is 1.85 bits per heavy atom. The van der Waals surface area contributed by atoms with Gasteiger partial charge in [-0.25, -0.2) is 9.48 Å². The van der Waals surface area contributed by atoms with E-state index in [0.29, 0.717) is 68.5 Å². The van der Waals surface area contributed by atoms with Gasteiger partial charge in [0.1, 0.15) is 11.6 Å². The smallest absolute Gasteiger partial charge is 0.350 e. The predicted molar refractivity (Wildman–Crippen MR) is 142 cm³/mol. The lowest BCUT2D eigenvalue weighted by molar-refractivity contribution is -0.137. The van der Waals surface area contributed by atoms with Crippen LogP contribution in [0.25, 0.3) is 5.70 Å². The molecule has 2 aliphatic heterocycles. The van der Waals surface area contributed by atoms with Crippen LogP contribution in [0.5, 0.6) is 0 Å². The predicted octanol–water partition coefficient (Wildman–Crippen LogP) is 4.64. The minimum atomic E-state index is -4.45. The number of hydrogen-bond acceptors (Lipinski definition) is 5. The lowest BCUT2D eigenvalue weighted by atomic mass is 10.1. The van der Waals surface area contributed by atoms with Crippen molar-refractivity contribution in [2.24, 2.45) is 0 Å². The highest BCUT2D eigenvalue weighted by molar-refractivity contribution is 5.89. The van der Waals surface area contributed by atoms with Crippen LogP contribution in [0.15, 0.2) is 60.8 Å². The highest BCUT2D eigenvalue weighted by Crippen LogP contribution is 2.34. The SMILES string of the molecule is Cc1cccc(NC(=O)N2CCN(CCN3CC=C(c4cccc(C(F)(F)F)c4)n4ncc(C#N)c43)CC2)c1. The highest BCUT2D eigenvalue weighted by Gasteiger charge is 2.32. The standard InChI is InChI=1S/C28H28F3N7O/c1-20-4-2-7-24(16-20)34-27(39)37-14-11-35(12-15-37)10-13-36-9-8-25(38-26(36)22(18-32)19-33-38)21-5-3-6-23(17-21)28(29,30)31/h2-8,16-17,19H,9-15H2,1H3,(H,34,39). The van der Waals surface area contributed by atoms with Crippen molar-refractivity contribution in [3.63, 3.8) is 0 Å². The molecular formula is C28H28F3N7O. The number of benzene rings is 2. The molecule has 8 nitrogen and oxygen atoms in total. The van der Waals surface area contributed by atoms with Gasteiger partial charge in [-0.15, -0.1) is 0 Å². The fraction of sp³-hybridized carbons (Fsp3) is 0.321. The van der Waals surface area contributed by atoms with Gasteiger partial charge in [0.15, 0.2) is 5.82 Å². The monoisotopic (exact) mass is 535 g/mol. The zero-order valence-corrected chi connectivity index (χ0v) is 21.4. The lowest BCUT2D eigenvalue weighted by Crippen LogP contribution is -2.51. The molecule has 39 heavy (non-hydrogen) atoms. The summed E-state index contributed by atoms with van der Waals surface area (Å²) in [7, 11) is 0. The van der Waals surface area contributed by atoms with Crippen molar-refractivity contribution in [3.05, 3.63) is 83.1 Å². The molecule has 1 fully saturated rings. The number of nitrogens with one attached hydrogen (secondary N) is 1. The van der Waals surface area contributed by atoms with Gasteiger partial charge in [0, 0.05) is 57.1 Å². The maximum absolute atomic E-state index is 13.3. The van der Waals surface area contributed by atoms with Gasteiger partial charge in [-0.05, 0) is 42.8 Å². The first-order valence-corrected chi connectivity index (χ1v) is 12.7. The fourth-order valence-electron chi connectivity index (χ4n) is 4.93. The molecule has 5 rings (SSSR count). The molecule has 1 saturated heterocycles. The first kappa shape index (κ1) is 26.3. The Morgan fingerprint density at radius 1 is 1.08 bits per heavy atom. The van der Waals surface area contributed by atoms with Crippen molar-refractivity contribution in [2.45, 2.75) is 13.1 Å². The fourth-order valence-corrected chi connectivity index (χ4v) is 4.93. The molecule has 202 valence electrons. The second kappa shape index (κ2) is 10.8. The Bertz CT molecular complexity index is 1430. The molecule has 0 spiro atoms. The van der Waals surface area contributed by atoms with E-state index in [1.807, 2.05) is 42.2 Å². The summed E-state index contributed by atoms with van der Waals surface area (Å²) in [6.07, 6.45) is -1.17. The van der Waals surface area contributed by atoms with Crippen LogP contribution in [0.4, 0.5) is 29.5 Å². The topological polar surface area (TPSA) is 80.4 Å². The molecule has 2 amide bonds. The third-order valence-electron chi connectivity index (χ3n) is 7.00. The number of nitrogens with zero attached hydrogens (tertiary/aromatic N) is 6. The van der Waals surface area contributed by atoms with E-state index in [1.54, 1.807) is 15.6 Å². The van der Waals surface area contributed by atoms with E-state index in [9.17, 15) is 23.2 Å². The highest BCUT2D eigenvalue weighted by atomic mass is 19.4. The summed E-state index contributed by atoms with van der Waals surface area (Å²) in [6, 6.07) is 14.9. The molecule has 3 aromatic rings. The number of amides is 2. The van der Waals surface area contributed by atoms with Crippen LogP contribution in [-0.4, -0.2) is 71.4 Å². The van der Waals surface area contributed by atoms with Crippen LogP contribution < -0.4 is 10.2 Å². The minimum Gasteiger partial charge on any atom is -0.350 e. The molecule has 11 heteroatoms. The Kier molecular flexibility index (Phi) is 7.30. The maximum atomic E-state index is 13.3. The largest absolute Gasteiger partial charge is 0.416 e. The molecule has 2 aliphatic rings. The number of nitriles is 1. The van der Waals surface area contributed by atoms with Crippen LogP contribution in [0.2, 0.25) is 0 Å². The third-order valence-corrected chi connectivity index (χ3v) is 7.00. The number of rotatable bonds is 5. The van der Waals surface area contributed by atoms with Gasteiger partial charge in [-0.2, -0.15) is 23.5 Å². The molecule has 0 atom stereocenters. The molecule has 0 unspecified atom stereocenters. The van der Waals surface area contributed by atoms with Crippen LogP contribution in [0.1, 0.15) is 22.3 Å². The van der Waals surface area contributed by atoms with Crippen molar-refractivity contribution < 1.29 is 18.0 Å². The van der Waals surface area contributed by atoms with Gasteiger partial charge in [0.05, 0.1) is 17.5 Å². The summed E-state index contributed by atoms with van der Waals surface area (Å²) in [6.45, 7) is 6.33. The van der Waals surface area contributed by atoms with Crippen LogP contribution >= 0.6 is 0 Å². The number of fused-ring (bicyclic) bond motifs is 1. The van der Waals surface area contributed by atoms with Crippen LogP contribution in [0, 0.1) is 18.3 Å². The summed E-state index contributed by atoms with van der Waals surface area (Å²) in [5, 5.41) is 17.0. The number of carbonyl (C=O) groups is 1. The average molecular weight is 536 g/mol. The molecule has 0 radical (unpaired) electrons. The summed E-state index contributed by atoms with van der Waals surface area (Å²) >= 11 is 0. The zero-order chi connectivity index (χ0) is 27.6. The summed E-state index contributed by atoms with van der Waals surface area (Å²) in [5.74, 6) is 0.573. The Labute approximate surface area is 224 Å². The summed E-state index contributed by atoms with van der Waals surface area (Å²) in [4.78, 5) is 18.7. The summed E-state index contributed by atoms with van der Waals surface area (Å²) < 4.78 is 41.4. The number of piperazine rings is 1. The number of alkyl halides is 3. The average Bonchev–Trinajstić information content (AvgIpc) is 3.36. The van der Waals surface area contributed by atoms with Crippen molar-refractivity contribution >= 4 is 23.2 Å². The van der Waals surface area contributed by atoms with E-state index in [0.717, 1.165) is 23.4 Å². The Morgan fingerprint density at radius 3 is 2.56 bits per heavy atom. The van der Waals surface area contributed by atoms with E-state index in [-0.39, 0.29) is 6.03 Å². The maximum Gasteiger partial charge on any atom is 0.416 e.